The minimum atomic E-state index is -0.688. The average molecular weight is 499 g/mol. The fourth-order valence-electron chi connectivity index (χ4n) is 6.22. The summed E-state index contributed by atoms with van der Waals surface area (Å²) >= 11 is 0. The maximum Gasteiger partial charge on any atom is 0.226 e. The van der Waals surface area contributed by atoms with Gasteiger partial charge in [-0.3, -0.25) is 14.6 Å². The number of nitrogens with zero attached hydrogens (tertiary/aromatic N) is 5. The van der Waals surface area contributed by atoms with Gasteiger partial charge in [-0.2, -0.15) is 10.2 Å². The Morgan fingerprint density at radius 3 is 2.84 bits per heavy atom. The van der Waals surface area contributed by atoms with Gasteiger partial charge < -0.3 is 14.7 Å². The van der Waals surface area contributed by atoms with Gasteiger partial charge >= 0.3 is 0 Å². The zero-order valence-electron chi connectivity index (χ0n) is 21.1. The third-order valence-corrected chi connectivity index (χ3v) is 8.27. The van der Waals surface area contributed by atoms with Gasteiger partial charge in [-0.25, -0.2) is 4.98 Å². The molecule has 9 heteroatoms. The Morgan fingerprint density at radius 1 is 1.22 bits per heavy atom. The van der Waals surface area contributed by atoms with Crippen LogP contribution in [0, 0.1) is 5.92 Å². The summed E-state index contributed by atoms with van der Waals surface area (Å²) in [6.07, 6.45) is 8.24. The Morgan fingerprint density at radius 2 is 2.05 bits per heavy atom. The Hall–Kier alpha value is -3.72. The number of nitrogens with one attached hydrogen (secondary N) is 1. The lowest BCUT2D eigenvalue weighted by Gasteiger charge is -2.46. The Bertz CT molecular complexity index is 1520. The molecule has 0 atom stereocenters. The van der Waals surface area contributed by atoms with E-state index < -0.39 is 5.60 Å². The minimum absolute atomic E-state index is 0.0531. The van der Waals surface area contributed by atoms with Crippen LogP contribution in [0.5, 0.6) is 5.75 Å². The molecule has 9 nitrogen and oxygen atoms in total. The third kappa shape index (κ3) is 3.63. The number of hydrogen-bond acceptors (Lipinski definition) is 6. The van der Waals surface area contributed by atoms with E-state index in [0.29, 0.717) is 25.9 Å². The van der Waals surface area contributed by atoms with Crippen molar-refractivity contribution < 1.29 is 14.6 Å². The number of aliphatic hydroxyl groups is 1. The van der Waals surface area contributed by atoms with Crippen LogP contribution < -0.4 is 4.74 Å². The number of benzene rings is 1. The van der Waals surface area contributed by atoms with Gasteiger partial charge in [0, 0.05) is 42.4 Å². The molecule has 4 heterocycles. The first-order valence-corrected chi connectivity index (χ1v) is 13.0. The Kier molecular flexibility index (Phi) is 4.95. The number of aromatic amines is 1. The number of amides is 1. The molecule has 1 aliphatic heterocycles. The number of fused-ring (bicyclic) bond motifs is 2. The predicted molar refractivity (Wildman–Crippen MR) is 138 cm³/mol. The average Bonchev–Trinajstić information content (AvgIpc) is 3.59. The van der Waals surface area contributed by atoms with E-state index in [9.17, 15) is 9.90 Å². The molecule has 2 N–H and O–H groups in total. The van der Waals surface area contributed by atoms with Gasteiger partial charge in [0.1, 0.15) is 22.7 Å². The summed E-state index contributed by atoms with van der Waals surface area (Å²) in [5.74, 6) is 0.820. The first-order valence-electron chi connectivity index (χ1n) is 13.0. The van der Waals surface area contributed by atoms with Crippen LogP contribution in [-0.4, -0.2) is 66.7 Å². The Labute approximate surface area is 214 Å². The fraction of sp³-hybridized carbons (Fsp3) is 0.429. The number of aromatic nitrogens is 5. The van der Waals surface area contributed by atoms with Gasteiger partial charge in [0.25, 0.3) is 0 Å². The van der Waals surface area contributed by atoms with Gasteiger partial charge in [-0.15, -0.1) is 0 Å². The highest BCUT2D eigenvalue weighted by Gasteiger charge is 2.46. The number of H-pyrrole nitrogens is 1. The second-order valence-electron chi connectivity index (χ2n) is 11.0. The third-order valence-electron chi connectivity index (χ3n) is 8.27. The molecule has 0 radical (unpaired) electrons. The summed E-state index contributed by atoms with van der Waals surface area (Å²) in [6, 6.07) is 8.55. The summed E-state index contributed by atoms with van der Waals surface area (Å²) in [4.78, 5) is 19.6. The van der Waals surface area contributed by atoms with Crippen molar-refractivity contribution in [1.29, 1.82) is 0 Å². The van der Waals surface area contributed by atoms with Gasteiger partial charge in [0.2, 0.25) is 5.91 Å². The van der Waals surface area contributed by atoms with E-state index in [1.807, 2.05) is 28.0 Å². The number of hydrogen-bond donors (Lipinski definition) is 2. The number of rotatable bonds is 5. The number of methoxy groups -OCH3 is 1. The molecular formula is C28H30N6O3. The lowest BCUT2D eigenvalue weighted by atomic mass is 9.71. The van der Waals surface area contributed by atoms with Crippen molar-refractivity contribution in [2.75, 3.05) is 20.2 Å². The standard InChI is InChI=1S/C28H30N6O3/c1-28(36)10-17(11-28)27(35)33-14-19(15-33)34-13-18(12-29-34)24-26-22(31-32-24)9-23(37-2)25(30-26)21-8-4-6-16-5-3-7-20(16)21/h4,6,8-9,12-13,17,19,36H,3,5,7,10-11,14-15H2,1-2H3,(H,31,32)/t17-,28-. The van der Waals surface area contributed by atoms with Crippen LogP contribution in [0.1, 0.15) is 43.4 Å². The summed E-state index contributed by atoms with van der Waals surface area (Å²) in [5, 5.41) is 22.2. The van der Waals surface area contributed by atoms with E-state index in [1.54, 1.807) is 14.0 Å². The molecule has 0 unspecified atom stereocenters. The molecule has 2 aliphatic carbocycles. The number of carbonyl (C=O) groups is 1. The quantitative estimate of drug-likeness (QED) is 0.436. The van der Waals surface area contributed by atoms with Crippen LogP contribution >= 0.6 is 0 Å². The molecule has 1 aromatic carbocycles. The van der Waals surface area contributed by atoms with Gasteiger partial charge in [0.15, 0.2) is 0 Å². The fourth-order valence-corrected chi connectivity index (χ4v) is 6.22. The number of aryl methyl sites for hydroxylation is 1. The van der Waals surface area contributed by atoms with Crippen molar-refractivity contribution in [3.63, 3.8) is 0 Å². The monoisotopic (exact) mass is 498 g/mol. The van der Waals surface area contributed by atoms with Crippen LogP contribution in [-0.2, 0) is 17.6 Å². The molecule has 3 aromatic heterocycles. The van der Waals surface area contributed by atoms with E-state index in [2.05, 4.69) is 33.5 Å². The molecule has 190 valence electrons. The molecule has 37 heavy (non-hydrogen) atoms. The zero-order valence-corrected chi connectivity index (χ0v) is 21.1. The van der Waals surface area contributed by atoms with Crippen LogP contribution in [0.25, 0.3) is 33.5 Å². The zero-order chi connectivity index (χ0) is 25.3. The minimum Gasteiger partial charge on any atom is -0.494 e. The van der Waals surface area contributed by atoms with Gasteiger partial charge in [-0.1, -0.05) is 18.2 Å². The SMILES string of the molecule is COc1cc2[nH]nc(-c3cnn(C4CN(C(=O)[C@H]5C[C@](C)(O)C5)C4)c3)c2nc1-c1cccc2c1CCC2. The lowest BCUT2D eigenvalue weighted by molar-refractivity contribution is -0.155. The molecule has 0 spiro atoms. The molecule has 1 amide bonds. The van der Waals surface area contributed by atoms with E-state index in [4.69, 9.17) is 9.72 Å². The van der Waals surface area contributed by atoms with Crippen molar-refractivity contribution in [1.82, 2.24) is 29.9 Å². The van der Waals surface area contributed by atoms with Crippen molar-refractivity contribution in [2.45, 2.75) is 50.7 Å². The van der Waals surface area contributed by atoms with E-state index in [-0.39, 0.29) is 17.9 Å². The van der Waals surface area contributed by atoms with E-state index in [0.717, 1.165) is 52.1 Å². The first-order chi connectivity index (χ1) is 17.9. The summed E-state index contributed by atoms with van der Waals surface area (Å²) in [6.45, 7) is 3.07. The smallest absolute Gasteiger partial charge is 0.226 e. The molecular weight excluding hydrogens is 468 g/mol. The summed E-state index contributed by atoms with van der Waals surface area (Å²) in [5.41, 5.74) is 7.27. The molecule has 1 saturated heterocycles. The van der Waals surface area contributed by atoms with Gasteiger partial charge in [-0.05, 0) is 50.2 Å². The number of pyridine rings is 1. The molecule has 4 aromatic rings. The number of ether oxygens (including phenoxy) is 1. The highest BCUT2D eigenvalue weighted by atomic mass is 16.5. The van der Waals surface area contributed by atoms with Crippen LogP contribution in [0.4, 0.5) is 0 Å². The molecule has 7 rings (SSSR count). The van der Waals surface area contributed by atoms with Gasteiger partial charge in [0.05, 0.1) is 30.5 Å². The van der Waals surface area contributed by atoms with Crippen molar-refractivity contribution in [2.24, 2.45) is 5.92 Å². The number of carbonyl (C=O) groups excluding carboxylic acids is 1. The van der Waals surface area contributed by atoms with Crippen molar-refractivity contribution in [3.8, 4) is 28.3 Å². The number of likely N-dealkylation sites (tertiary alicyclic amines) is 1. The molecule has 0 bridgehead atoms. The summed E-state index contributed by atoms with van der Waals surface area (Å²) in [7, 11) is 1.68. The maximum absolute atomic E-state index is 12.6. The predicted octanol–water partition coefficient (Wildman–Crippen LogP) is 3.53. The first kappa shape index (κ1) is 22.5. The maximum atomic E-state index is 12.6. The summed E-state index contributed by atoms with van der Waals surface area (Å²) < 4.78 is 7.66. The van der Waals surface area contributed by atoms with Crippen molar-refractivity contribution >= 4 is 16.9 Å². The highest BCUT2D eigenvalue weighted by molar-refractivity contribution is 5.93. The highest BCUT2D eigenvalue weighted by Crippen LogP contribution is 2.41. The second-order valence-corrected chi connectivity index (χ2v) is 11.0. The normalized spacial score (nSPS) is 23.1. The van der Waals surface area contributed by atoms with Crippen LogP contribution in [0.2, 0.25) is 0 Å². The second kappa shape index (κ2) is 8.14. The molecule has 1 saturated carbocycles. The topological polar surface area (TPSA) is 109 Å². The molecule has 3 aliphatic rings. The van der Waals surface area contributed by atoms with Crippen molar-refractivity contribution in [3.05, 3.63) is 47.8 Å². The lowest BCUT2D eigenvalue weighted by Crippen LogP contribution is -2.56. The Balaban J connectivity index is 1.15. The van der Waals surface area contributed by atoms with Crippen LogP contribution in [0.15, 0.2) is 36.7 Å². The molecule has 2 fully saturated rings. The largest absolute Gasteiger partial charge is 0.494 e. The van der Waals surface area contributed by atoms with E-state index >= 15 is 0 Å². The van der Waals surface area contributed by atoms with Crippen LogP contribution in [0.3, 0.4) is 0 Å². The van der Waals surface area contributed by atoms with E-state index in [1.165, 1.54) is 17.5 Å².